The van der Waals surface area contributed by atoms with Crippen molar-refractivity contribution >= 4 is 5.52 Å². The highest BCUT2D eigenvalue weighted by Gasteiger charge is 2.25. The SMILES string of the molecule is CCN1CCCCC1c1ncc2ccc(C)cn12. The molecular weight excluding hydrogens is 222 g/mol. The van der Waals surface area contributed by atoms with Crippen LogP contribution in [0.5, 0.6) is 0 Å². The van der Waals surface area contributed by atoms with E-state index in [4.69, 9.17) is 0 Å². The summed E-state index contributed by atoms with van der Waals surface area (Å²) in [5, 5.41) is 0. The van der Waals surface area contributed by atoms with Crippen molar-refractivity contribution in [2.45, 2.75) is 39.2 Å². The van der Waals surface area contributed by atoms with E-state index in [0.29, 0.717) is 6.04 Å². The highest BCUT2D eigenvalue weighted by atomic mass is 15.2. The van der Waals surface area contributed by atoms with Crippen molar-refractivity contribution in [2.75, 3.05) is 13.1 Å². The van der Waals surface area contributed by atoms with Crippen molar-refractivity contribution in [3.05, 3.63) is 35.9 Å². The molecular formula is C15H21N3. The molecule has 2 aromatic heterocycles. The van der Waals surface area contributed by atoms with Crippen LogP contribution in [0.4, 0.5) is 0 Å². The molecule has 1 saturated heterocycles. The van der Waals surface area contributed by atoms with E-state index in [0.717, 1.165) is 6.54 Å². The summed E-state index contributed by atoms with van der Waals surface area (Å²) in [6, 6.07) is 4.80. The fraction of sp³-hybridized carbons (Fsp3) is 0.533. The van der Waals surface area contributed by atoms with E-state index < -0.39 is 0 Å². The maximum Gasteiger partial charge on any atom is 0.130 e. The van der Waals surface area contributed by atoms with E-state index in [-0.39, 0.29) is 0 Å². The number of aromatic nitrogens is 2. The first-order valence-corrected chi connectivity index (χ1v) is 6.97. The molecule has 0 bridgehead atoms. The van der Waals surface area contributed by atoms with Crippen molar-refractivity contribution in [3.63, 3.8) is 0 Å². The van der Waals surface area contributed by atoms with Crippen LogP contribution in [0.15, 0.2) is 24.5 Å². The minimum atomic E-state index is 0.494. The van der Waals surface area contributed by atoms with Gasteiger partial charge in [-0.25, -0.2) is 4.98 Å². The van der Waals surface area contributed by atoms with Gasteiger partial charge in [-0.3, -0.25) is 4.90 Å². The predicted octanol–water partition coefficient (Wildman–Crippen LogP) is 3.19. The van der Waals surface area contributed by atoms with Gasteiger partial charge >= 0.3 is 0 Å². The molecule has 18 heavy (non-hydrogen) atoms. The fourth-order valence-corrected chi connectivity index (χ4v) is 3.02. The lowest BCUT2D eigenvalue weighted by molar-refractivity contribution is 0.149. The topological polar surface area (TPSA) is 20.5 Å². The van der Waals surface area contributed by atoms with Crippen LogP contribution in [-0.4, -0.2) is 27.4 Å². The second kappa shape index (κ2) is 4.73. The fourth-order valence-electron chi connectivity index (χ4n) is 3.02. The lowest BCUT2D eigenvalue weighted by atomic mass is 10.0. The number of hydrogen-bond donors (Lipinski definition) is 0. The van der Waals surface area contributed by atoms with E-state index in [1.54, 1.807) is 0 Å². The summed E-state index contributed by atoms with van der Waals surface area (Å²) in [7, 11) is 0. The Bertz CT molecular complexity index is 544. The standard InChI is InChI=1S/C15H21N3/c1-3-17-9-5-4-6-14(17)15-16-10-13-8-7-12(2)11-18(13)15/h7-8,10-11,14H,3-6,9H2,1-2H3. The summed E-state index contributed by atoms with van der Waals surface area (Å²) in [5.41, 5.74) is 2.50. The van der Waals surface area contributed by atoms with E-state index in [2.05, 4.69) is 46.5 Å². The molecule has 0 radical (unpaired) electrons. The summed E-state index contributed by atoms with van der Waals surface area (Å²) in [4.78, 5) is 7.24. The summed E-state index contributed by atoms with van der Waals surface area (Å²) in [6.45, 7) is 6.72. The van der Waals surface area contributed by atoms with Gasteiger partial charge in [-0.2, -0.15) is 0 Å². The minimum absolute atomic E-state index is 0.494. The van der Waals surface area contributed by atoms with E-state index in [1.807, 2.05) is 6.20 Å². The molecule has 0 aromatic carbocycles. The molecule has 1 atom stereocenters. The molecule has 3 nitrogen and oxygen atoms in total. The minimum Gasteiger partial charge on any atom is -0.302 e. The van der Waals surface area contributed by atoms with Crippen molar-refractivity contribution in [2.24, 2.45) is 0 Å². The Labute approximate surface area is 108 Å². The number of likely N-dealkylation sites (tertiary alicyclic amines) is 1. The molecule has 3 heterocycles. The number of piperidine rings is 1. The molecule has 0 aliphatic carbocycles. The lowest BCUT2D eigenvalue weighted by Crippen LogP contribution is -2.34. The van der Waals surface area contributed by atoms with E-state index >= 15 is 0 Å². The highest BCUT2D eigenvalue weighted by Crippen LogP contribution is 2.30. The summed E-state index contributed by atoms with van der Waals surface area (Å²) >= 11 is 0. The number of fused-ring (bicyclic) bond motifs is 1. The molecule has 1 aliphatic heterocycles. The Hall–Kier alpha value is -1.35. The Morgan fingerprint density at radius 1 is 1.33 bits per heavy atom. The van der Waals surface area contributed by atoms with E-state index in [1.165, 1.54) is 42.7 Å². The van der Waals surface area contributed by atoms with Crippen LogP contribution >= 0.6 is 0 Å². The van der Waals surface area contributed by atoms with Gasteiger partial charge in [-0.15, -0.1) is 0 Å². The van der Waals surface area contributed by atoms with Gasteiger partial charge in [0, 0.05) is 6.20 Å². The van der Waals surface area contributed by atoms with Crippen LogP contribution in [0, 0.1) is 6.92 Å². The number of pyridine rings is 1. The zero-order chi connectivity index (χ0) is 12.5. The molecule has 1 fully saturated rings. The third-order valence-corrected chi connectivity index (χ3v) is 4.02. The van der Waals surface area contributed by atoms with Gasteiger partial charge in [0.25, 0.3) is 0 Å². The first-order chi connectivity index (χ1) is 8.79. The van der Waals surface area contributed by atoms with Crippen molar-refractivity contribution in [1.29, 1.82) is 0 Å². The van der Waals surface area contributed by atoms with Gasteiger partial charge in [0.05, 0.1) is 17.8 Å². The van der Waals surface area contributed by atoms with Crippen LogP contribution in [0.2, 0.25) is 0 Å². The molecule has 0 saturated carbocycles. The molecule has 1 unspecified atom stereocenters. The third-order valence-electron chi connectivity index (χ3n) is 4.02. The van der Waals surface area contributed by atoms with Gasteiger partial charge in [-0.05, 0) is 44.5 Å². The Morgan fingerprint density at radius 3 is 3.06 bits per heavy atom. The van der Waals surface area contributed by atoms with Crippen LogP contribution in [-0.2, 0) is 0 Å². The monoisotopic (exact) mass is 243 g/mol. The van der Waals surface area contributed by atoms with Gasteiger partial charge in [0.1, 0.15) is 5.82 Å². The number of hydrogen-bond acceptors (Lipinski definition) is 2. The largest absolute Gasteiger partial charge is 0.302 e. The van der Waals surface area contributed by atoms with Crippen LogP contribution in [0.25, 0.3) is 5.52 Å². The first-order valence-electron chi connectivity index (χ1n) is 6.97. The lowest BCUT2D eigenvalue weighted by Gasteiger charge is -2.33. The Morgan fingerprint density at radius 2 is 2.22 bits per heavy atom. The average Bonchev–Trinajstić information content (AvgIpc) is 2.81. The zero-order valence-corrected chi connectivity index (χ0v) is 11.3. The van der Waals surface area contributed by atoms with Gasteiger partial charge in [-0.1, -0.05) is 19.4 Å². The quantitative estimate of drug-likeness (QED) is 0.807. The Kier molecular flexibility index (Phi) is 3.08. The van der Waals surface area contributed by atoms with Gasteiger partial charge in [0.2, 0.25) is 0 Å². The number of imidazole rings is 1. The maximum atomic E-state index is 4.68. The summed E-state index contributed by atoms with van der Waals surface area (Å²) in [5.74, 6) is 1.22. The molecule has 2 aromatic rings. The molecule has 3 rings (SSSR count). The number of rotatable bonds is 2. The average molecular weight is 243 g/mol. The predicted molar refractivity (Wildman–Crippen MR) is 73.8 cm³/mol. The number of nitrogens with zero attached hydrogens (tertiary/aromatic N) is 3. The second-order valence-corrected chi connectivity index (χ2v) is 5.26. The number of aryl methyl sites for hydroxylation is 1. The summed E-state index contributed by atoms with van der Waals surface area (Å²) in [6.07, 6.45) is 8.09. The maximum absolute atomic E-state index is 4.68. The van der Waals surface area contributed by atoms with Crippen molar-refractivity contribution in [3.8, 4) is 0 Å². The van der Waals surface area contributed by atoms with Crippen LogP contribution < -0.4 is 0 Å². The van der Waals surface area contributed by atoms with Gasteiger partial charge < -0.3 is 4.40 Å². The van der Waals surface area contributed by atoms with Gasteiger partial charge in [0.15, 0.2) is 0 Å². The second-order valence-electron chi connectivity index (χ2n) is 5.26. The first kappa shape index (κ1) is 11.7. The van der Waals surface area contributed by atoms with Crippen molar-refractivity contribution in [1.82, 2.24) is 14.3 Å². The normalized spacial score (nSPS) is 21.6. The van der Waals surface area contributed by atoms with Crippen LogP contribution in [0.3, 0.4) is 0 Å². The zero-order valence-electron chi connectivity index (χ0n) is 11.3. The summed E-state index contributed by atoms with van der Waals surface area (Å²) < 4.78 is 2.27. The molecule has 0 spiro atoms. The Balaban J connectivity index is 2.04. The third kappa shape index (κ3) is 1.93. The van der Waals surface area contributed by atoms with E-state index in [9.17, 15) is 0 Å². The van der Waals surface area contributed by atoms with Crippen LogP contribution in [0.1, 0.15) is 43.6 Å². The molecule has 3 heteroatoms. The molecule has 1 aliphatic rings. The highest BCUT2D eigenvalue weighted by molar-refractivity contribution is 5.47. The molecule has 0 amide bonds. The molecule has 96 valence electrons. The molecule has 0 N–H and O–H groups in total. The smallest absolute Gasteiger partial charge is 0.130 e. The van der Waals surface area contributed by atoms with Crippen molar-refractivity contribution < 1.29 is 0 Å².